The van der Waals surface area contributed by atoms with Crippen molar-refractivity contribution in [3.05, 3.63) is 34.2 Å². The van der Waals surface area contributed by atoms with Crippen LogP contribution in [0.1, 0.15) is 28.7 Å². The Hall–Kier alpha value is -2.08. The molecule has 2 N–H and O–H groups in total. The lowest BCUT2D eigenvalue weighted by Gasteiger charge is -2.10. The summed E-state index contributed by atoms with van der Waals surface area (Å²) in [5.74, 6) is -0.142. The van der Waals surface area contributed by atoms with Crippen molar-refractivity contribution < 1.29 is 9.53 Å². The molecule has 0 aliphatic rings. The zero-order valence-corrected chi connectivity index (χ0v) is 12.2. The van der Waals surface area contributed by atoms with Gasteiger partial charge in [-0.25, -0.2) is 14.5 Å². The number of hydrogen-bond acceptors (Lipinski definition) is 5. The summed E-state index contributed by atoms with van der Waals surface area (Å²) in [6, 6.07) is 1.52. The van der Waals surface area contributed by atoms with Gasteiger partial charge in [-0.3, -0.25) is 0 Å². The Morgan fingerprint density at radius 2 is 2.20 bits per heavy atom. The first-order chi connectivity index (χ1) is 9.45. The summed E-state index contributed by atoms with van der Waals surface area (Å²) in [5, 5.41) is 4.83. The highest BCUT2D eigenvalue weighted by Crippen LogP contribution is 2.24. The van der Waals surface area contributed by atoms with E-state index in [2.05, 4.69) is 10.1 Å². The van der Waals surface area contributed by atoms with E-state index in [-0.39, 0.29) is 12.2 Å². The van der Waals surface area contributed by atoms with Crippen LogP contribution in [0.4, 0.5) is 5.69 Å². The zero-order chi connectivity index (χ0) is 14.9. The molecule has 106 valence electrons. The van der Waals surface area contributed by atoms with Gasteiger partial charge in [0.05, 0.1) is 34.9 Å². The lowest BCUT2D eigenvalue weighted by molar-refractivity contribution is 0.0526. The fourth-order valence-corrected chi connectivity index (χ4v) is 1.95. The normalized spacial score (nSPS) is 10.6. The Morgan fingerprint density at radius 3 is 2.75 bits per heavy atom. The fraction of sp³-hybridized carbons (Fsp3) is 0.308. The number of esters is 1. The van der Waals surface area contributed by atoms with Crippen molar-refractivity contribution in [3.8, 4) is 5.82 Å². The van der Waals surface area contributed by atoms with Crippen LogP contribution in [0.2, 0.25) is 5.02 Å². The number of hydrogen-bond donors (Lipinski definition) is 1. The van der Waals surface area contributed by atoms with Crippen molar-refractivity contribution >= 4 is 23.3 Å². The van der Waals surface area contributed by atoms with E-state index in [1.54, 1.807) is 20.8 Å². The number of halogens is 1. The van der Waals surface area contributed by atoms with Crippen LogP contribution in [0.3, 0.4) is 0 Å². The molecular formula is C13H15ClN4O2. The summed E-state index contributed by atoms with van der Waals surface area (Å²) >= 11 is 6.12. The van der Waals surface area contributed by atoms with Crippen molar-refractivity contribution in [2.75, 3.05) is 12.3 Å². The van der Waals surface area contributed by atoms with Gasteiger partial charge in [0, 0.05) is 0 Å². The SMILES string of the molecule is CCOC(=O)c1cc(N)cnc1-n1nc(C)c(Cl)c1C. The summed E-state index contributed by atoms with van der Waals surface area (Å²) in [5.41, 5.74) is 7.69. The van der Waals surface area contributed by atoms with Crippen molar-refractivity contribution in [3.63, 3.8) is 0 Å². The summed E-state index contributed by atoms with van der Waals surface area (Å²) in [7, 11) is 0. The van der Waals surface area contributed by atoms with Gasteiger partial charge in [0.15, 0.2) is 5.82 Å². The van der Waals surface area contributed by atoms with Crippen LogP contribution in [0, 0.1) is 13.8 Å². The largest absolute Gasteiger partial charge is 0.462 e. The molecule has 20 heavy (non-hydrogen) atoms. The second-order valence-corrected chi connectivity index (χ2v) is 4.63. The van der Waals surface area contributed by atoms with Gasteiger partial charge in [-0.2, -0.15) is 5.10 Å². The van der Waals surface area contributed by atoms with E-state index in [4.69, 9.17) is 22.1 Å². The third kappa shape index (κ3) is 2.46. The maximum Gasteiger partial charge on any atom is 0.342 e. The van der Waals surface area contributed by atoms with Crippen LogP contribution < -0.4 is 5.73 Å². The van der Waals surface area contributed by atoms with E-state index in [0.29, 0.717) is 27.9 Å². The van der Waals surface area contributed by atoms with Gasteiger partial charge in [0.1, 0.15) is 5.56 Å². The third-order valence-electron chi connectivity index (χ3n) is 2.79. The highest BCUT2D eigenvalue weighted by Gasteiger charge is 2.20. The van der Waals surface area contributed by atoms with Gasteiger partial charge in [-0.15, -0.1) is 0 Å². The maximum absolute atomic E-state index is 12.0. The van der Waals surface area contributed by atoms with Crippen LogP contribution in [0.5, 0.6) is 0 Å². The summed E-state index contributed by atoms with van der Waals surface area (Å²) in [6.45, 7) is 5.59. The molecular weight excluding hydrogens is 280 g/mol. The first-order valence-electron chi connectivity index (χ1n) is 6.10. The summed E-state index contributed by atoms with van der Waals surface area (Å²) in [4.78, 5) is 16.2. The fourth-order valence-electron chi connectivity index (χ4n) is 1.83. The molecule has 0 radical (unpaired) electrons. The van der Waals surface area contributed by atoms with Crippen LogP contribution >= 0.6 is 11.6 Å². The van der Waals surface area contributed by atoms with Gasteiger partial charge < -0.3 is 10.5 Å². The van der Waals surface area contributed by atoms with Crippen LogP contribution in [-0.4, -0.2) is 27.3 Å². The third-order valence-corrected chi connectivity index (χ3v) is 3.33. The molecule has 0 aromatic carbocycles. The Kier molecular flexibility index (Phi) is 3.94. The van der Waals surface area contributed by atoms with Crippen molar-refractivity contribution in [1.82, 2.24) is 14.8 Å². The van der Waals surface area contributed by atoms with Crippen LogP contribution in [-0.2, 0) is 4.74 Å². The van der Waals surface area contributed by atoms with Gasteiger partial charge in [0.25, 0.3) is 0 Å². The minimum Gasteiger partial charge on any atom is -0.462 e. The minimum atomic E-state index is -0.494. The second kappa shape index (κ2) is 5.50. The molecule has 6 nitrogen and oxygen atoms in total. The highest BCUT2D eigenvalue weighted by atomic mass is 35.5. The first kappa shape index (κ1) is 14.3. The highest BCUT2D eigenvalue weighted by molar-refractivity contribution is 6.31. The van der Waals surface area contributed by atoms with Crippen molar-refractivity contribution in [2.45, 2.75) is 20.8 Å². The molecule has 0 bridgehead atoms. The average Bonchev–Trinajstić information content (AvgIpc) is 2.67. The molecule has 0 amide bonds. The number of ether oxygens (including phenoxy) is 1. The van der Waals surface area contributed by atoms with E-state index in [1.165, 1.54) is 16.9 Å². The lowest BCUT2D eigenvalue weighted by Crippen LogP contribution is -2.13. The predicted octanol–water partition coefficient (Wildman–Crippen LogP) is 2.30. The number of carbonyl (C=O) groups excluding carboxylic acids is 1. The van der Waals surface area contributed by atoms with Gasteiger partial charge >= 0.3 is 5.97 Å². The first-order valence-corrected chi connectivity index (χ1v) is 6.48. The molecule has 2 heterocycles. The standard InChI is InChI=1S/C13H15ClN4O2/c1-4-20-13(19)10-5-9(15)6-16-12(10)18-8(3)11(14)7(2)17-18/h5-6H,4,15H2,1-3H3. The number of nitrogen functional groups attached to an aromatic ring is 1. The molecule has 2 aromatic rings. The number of aryl methyl sites for hydroxylation is 1. The monoisotopic (exact) mass is 294 g/mol. The Balaban J connectivity index is 2.61. The van der Waals surface area contributed by atoms with Crippen LogP contribution in [0.25, 0.3) is 5.82 Å². The number of pyridine rings is 1. The molecule has 0 fully saturated rings. The molecule has 0 unspecified atom stereocenters. The Morgan fingerprint density at radius 1 is 1.50 bits per heavy atom. The number of nitrogens with zero attached hydrogens (tertiary/aromatic N) is 3. The molecule has 0 saturated heterocycles. The number of nitrogens with two attached hydrogens (primary N) is 1. The van der Waals surface area contributed by atoms with Crippen molar-refractivity contribution in [2.24, 2.45) is 0 Å². The zero-order valence-electron chi connectivity index (χ0n) is 11.5. The summed E-state index contributed by atoms with van der Waals surface area (Å²) in [6.07, 6.45) is 1.46. The molecule has 0 saturated carbocycles. The quantitative estimate of drug-likeness (QED) is 0.878. The van der Waals surface area contributed by atoms with Gasteiger partial charge in [-0.05, 0) is 26.8 Å². The van der Waals surface area contributed by atoms with Gasteiger partial charge in [-0.1, -0.05) is 11.6 Å². The maximum atomic E-state index is 12.0. The van der Waals surface area contributed by atoms with E-state index in [9.17, 15) is 4.79 Å². The number of rotatable bonds is 3. The molecule has 7 heteroatoms. The minimum absolute atomic E-state index is 0.258. The summed E-state index contributed by atoms with van der Waals surface area (Å²) < 4.78 is 6.53. The smallest absolute Gasteiger partial charge is 0.342 e. The molecule has 0 atom stereocenters. The average molecular weight is 295 g/mol. The number of anilines is 1. The van der Waals surface area contributed by atoms with Crippen LogP contribution in [0.15, 0.2) is 12.3 Å². The number of aromatic nitrogens is 3. The number of carbonyl (C=O) groups is 1. The molecule has 0 spiro atoms. The van der Waals surface area contributed by atoms with E-state index >= 15 is 0 Å². The van der Waals surface area contributed by atoms with Gasteiger partial charge in [0.2, 0.25) is 0 Å². The molecule has 0 aliphatic heterocycles. The second-order valence-electron chi connectivity index (χ2n) is 4.26. The Labute approximate surface area is 121 Å². The van der Waals surface area contributed by atoms with E-state index < -0.39 is 5.97 Å². The lowest BCUT2D eigenvalue weighted by atomic mass is 10.2. The predicted molar refractivity (Wildman–Crippen MR) is 76.2 cm³/mol. The molecule has 2 aromatic heterocycles. The topological polar surface area (TPSA) is 83.0 Å². The van der Waals surface area contributed by atoms with E-state index in [1.807, 2.05) is 0 Å². The Bertz CT molecular complexity index is 667. The molecule has 2 rings (SSSR count). The van der Waals surface area contributed by atoms with Crippen molar-refractivity contribution in [1.29, 1.82) is 0 Å². The van der Waals surface area contributed by atoms with E-state index in [0.717, 1.165) is 0 Å². The molecule has 0 aliphatic carbocycles.